The van der Waals surface area contributed by atoms with E-state index in [1.165, 1.54) is 6.07 Å². The molecule has 1 aliphatic rings. The van der Waals surface area contributed by atoms with Gasteiger partial charge in [0.2, 0.25) is 0 Å². The van der Waals surface area contributed by atoms with Gasteiger partial charge in [-0.1, -0.05) is 12.1 Å². The lowest BCUT2D eigenvalue weighted by atomic mass is 10.1. The van der Waals surface area contributed by atoms with Gasteiger partial charge in [0.1, 0.15) is 5.82 Å². The van der Waals surface area contributed by atoms with E-state index in [0.29, 0.717) is 0 Å². The highest BCUT2D eigenvalue weighted by atomic mass is 35.5. The van der Waals surface area contributed by atoms with Crippen molar-refractivity contribution in [2.75, 3.05) is 19.6 Å². The van der Waals surface area contributed by atoms with Crippen LogP contribution in [0.1, 0.15) is 11.6 Å². The average molecular weight is 253 g/mol. The highest BCUT2D eigenvalue weighted by Gasteiger charge is 2.13. The molecule has 0 amide bonds. The molecule has 1 unspecified atom stereocenters. The third kappa shape index (κ3) is 3.95. The molecule has 1 heterocycles. The molecule has 1 saturated heterocycles. The minimum absolute atomic E-state index is 0. The molecule has 15 heavy (non-hydrogen) atoms. The second-order valence-corrected chi connectivity index (χ2v) is 3.27. The second-order valence-electron chi connectivity index (χ2n) is 3.27. The van der Waals surface area contributed by atoms with Gasteiger partial charge in [-0.3, -0.25) is 0 Å². The summed E-state index contributed by atoms with van der Waals surface area (Å²) in [5.41, 5.74) is 1.02. The first-order valence-electron chi connectivity index (χ1n) is 4.56. The van der Waals surface area contributed by atoms with E-state index in [4.69, 9.17) is 0 Å². The molecule has 0 aliphatic carbocycles. The van der Waals surface area contributed by atoms with E-state index in [0.717, 1.165) is 25.2 Å². The van der Waals surface area contributed by atoms with Crippen LogP contribution in [0.5, 0.6) is 0 Å². The van der Waals surface area contributed by atoms with Crippen LogP contribution in [0.3, 0.4) is 0 Å². The fourth-order valence-electron chi connectivity index (χ4n) is 1.61. The average Bonchev–Trinajstić information content (AvgIpc) is 2.19. The summed E-state index contributed by atoms with van der Waals surface area (Å²) in [6.45, 7) is 2.82. The van der Waals surface area contributed by atoms with Crippen LogP contribution in [-0.2, 0) is 0 Å². The Balaban J connectivity index is 0.000000980. The Kier molecular flexibility index (Phi) is 6.85. The molecule has 0 aromatic heterocycles. The topological polar surface area (TPSA) is 24.1 Å². The van der Waals surface area contributed by atoms with Crippen molar-refractivity contribution < 1.29 is 4.39 Å². The molecule has 86 valence electrons. The molecule has 0 bridgehead atoms. The Morgan fingerprint density at radius 1 is 1.20 bits per heavy atom. The van der Waals surface area contributed by atoms with E-state index in [2.05, 4.69) is 10.6 Å². The lowest BCUT2D eigenvalue weighted by Gasteiger charge is -2.24. The molecule has 0 saturated carbocycles. The van der Waals surface area contributed by atoms with E-state index in [-0.39, 0.29) is 36.7 Å². The second kappa shape index (κ2) is 7.01. The van der Waals surface area contributed by atoms with E-state index >= 15 is 0 Å². The monoisotopic (exact) mass is 252 g/mol. The molecular weight excluding hydrogens is 238 g/mol. The molecular formula is C10H15Cl2FN2. The van der Waals surface area contributed by atoms with Gasteiger partial charge >= 0.3 is 0 Å². The first-order valence-corrected chi connectivity index (χ1v) is 4.56. The Bertz CT molecular complexity index is 291. The summed E-state index contributed by atoms with van der Waals surface area (Å²) in [6.07, 6.45) is 0. The quantitative estimate of drug-likeness (QED) is 0.798. The summed E-state index contributed by atoms with van der Waals surface area (Å²) < 4.78 is 12.9. The van der Waals surface area contributed by atoms with Crippen LogP contribution in [-0.4, -0.2) is 19.6 Å². The first-order chi connectivity index (χ1) is 6.36. The fourth-order valence-corrected chi connectivity index (χ4v) is 1.61. The van der Waals surface area contributed by atoms with Gasteiger partial charge in [-0.2, -0.15) is 0 Å². The number of rotatable bonds is 1. The van der Waals surface area contributed by atoms with Crippen LogP contribution in [0.25, 0.3) is 0 Å². The zero-order valence-corrected chi connectivity index (χ0v) is 9.84. The van der Waals surface area contributed by atoms with Gasteiger partial charge in [0, 0.05) is 25.7 Å². The van der Waals surface area contributed by atoms with Crippen molar-refractivity contribution in [3.05, 3.63) is 35.6 Å². The van der Waals surface area contributed by atoms with Crippen LogP contribution < -0.4 is 10.6 Å². The molecule has 0 spiro atoms. The Morgan fingerprint density at radius 2 is 2.00 bits per heavy atom. The Hall–Kier alpha value is -0.350. The molecule has 2 N–H and O–H groups in total. The number of nitrogens with one attached hydrogen (secondary N) is 2. The van der Waals surface area contributed by atoms with E-state index < -0.39 is 0 Å². The molecule has 5 heteroatoms. The van der Waals surface area contributed by atoms with Crippen LogP contribution in [0.15, 0.2) is 24.3 Å². The van der Waals surface area contributed by atoms with Crippen LogP contribution >= 0.6 is 24.8 Å². The predicted octanol–water partition coefficient (Wildman–Crippen LogP) is 1.90. The standard InChI is InChI=1S/C10H13FN2.2ClH/c11-9-3-1-2-8(6-9)10-7-12-4-5-13-10;;/h1-3,6,10,12-13H,4-5,7H2;2*1H. The largest absolute Gasteiger partial charge is 0.314 e. The van der Waals surface area contributed by atoms with Crippen LogP contribution in [0.2, 0.25) is 0 Å². The third-order valence-electron chi connectivity index (χ3n) is 2.29. The fraction of sp³-hybridized carbons (Fsp3) is 0.400. The lowest BCUT2D eigenvalue weighted by Crippen LogP contribution is -2.42. The molecule has 2 rings (SSSR count). The molecule has 0 radical (unpaired) electrons. The van der Waals surface area contributed by atoms with E-state index in [1.807, 2.05) is 6.07 Å². The first kappa shape index (κ1) is 14.6. The van der Waals surface area contributed by atoms with E-state index in [1.54, 1.807) is 12.1 Å². The smallest absolute Gasteiger partial charge is 0.123 e. The van der Waals surface area contributed by atoms with Gasteiger partial charge in [-0.05, 0) is 17.7 Å². The molecule has 1 aromatic carbocycles. The summed E-state index contributed by atoms with van der Waals surface area (Å²) >= 11 is 0. The Labute approximate surface area is 101 Å². The van der Waals surface area contributed by atoms with Gasteiger partial charge in [0.25, 0.3) is 0 Å². The minimum atomic E-state index is -0.162. The van der Waals surface area contributed by atoms with Crippen molar-refractivity contribution in [2.45, 2.75) is 6.04 Å². The van der Waals surface area contributed by atoms with Gasteiger partial charge in [0.05, 0.1) is 0 Å². The summed E-state index contributed by atoms with van der Waals surface area (Å²) in [4.78, 5) is 0. The SMILES string of the molecule is Cl.Cl.Fc1cccc(C2CNCCN2)c1. The number of benzene rings is 1. The van der Waals surface area contributed by atoms with Crippen LogP contribution in [0, 0.1) is 5.82 Å². The van der Waals surface area contributed by atoms with Gasteiger partial charge in [-0.15, -0.1) is 24.8 Å². The number of halogens is 3. The van der Waals surface area contributed by atoms with Crippen molar-refractivity contribution in [3.63, 3.8) is 0 Å². The maximum Gasteiger partial charge on any atom is 0.123 e. The predicted molar refractivity (Wildman–Crippen MR) is 64.5 cm³/mol. The van der Waals surface area contributed by atoms with Crippen molar-refractivity contribution in [1.82, 2.24) is 10.6 Å². The van der Waals surface area contributed by atoms with Crippen LogP contribution in [0.4, 0.5) is 4.39 Å². The number of hydrogen-bond acceptors (Lipinski definition) is 2. The summed E-state index contributed by atoms with van der Waals surface area (Å²) in [6, 6.07) is 7.02. The van der Waals surface area contributed by atoms with Crippen molar-refractivity contribution in [3.8, 4) is 0 Å². The number of piperazine rings is 1. The summed E-state index contributed by atoms with van der Waals surface area (Å²) in [7, 11) is 0. The van der Waals surface area contributed by atoms with Crippen molar-refractivity contribution in [1.29, 1.82) is 0 Å². The maximum atomic E-state index is 12.9. The normalized spacial score (nSPS) is 19.9. The van der Waals surface area contributed by atoms with Gasteiger partial charge in [0.15, 0.2) is 0 Å². The van der Waals surface area contributed by atoms with E-state index in [9.17, 15) is 4.39 Å². The Morgan fingerprint density at radius 3 is 2.60 bits per heavy atom. The highest BCUT2D eigenvalue weighted by Crippen LogP contribution is 2.14. The van der Waals surface area contributed by atoms with Crippen molar-refractivity contribution in [2.24, 2.45) is 0 Å². The maximum absolute atomic E-state index is 12.9. The zero-order valence-electron chi connectivity index (χ0n) is 8.20. The van der Waals surface area contributed by atoms with Gasteiger partial charge < -0.3 is 10.6 Å². The summed E-state index contributed by atoms with van der Waals surface area (Å²) in [5, 5.41) is 6.60. The lowest BCUT2D eigenvalue weighted by molar-refractivity contribution is 0.428. The molecule has 1 atom stereocenters. The third-order valence-corrected chi connectivity index (χ3v) is 2.29. The molecule has 2 nitrogen and oxygen atoms in total. The van der Waals surface area contributed by atoms with Gasteiger partial charge in [-0.25, -0.2) is 4.39 Å². The number of hydrogen-bond donors (Lipinski definition) is 2. The molecule has 1 fully saturated rings. The van der Waals surface area contributed by atoms with Crippen molar-refractivity contribution >= 4 is 24.8 Å². The minimum Gasteiger partial charge on any atom is -0.314 e. The zero-order chi connectivity index (χ0) is 9.10. The highest BCUT2D eigenvalue weighted by molar-refractivity contribution is 5.85. The summed E-state index contributed by atoms with van der Waals surface area (Å²) in [5.74, 6) is -0.162. The molecule has 1 aliphatic heterocycles. The molecule has 1 aromatic rings.